The molecule has 2 aromatic rings. The van der Waals surface area contributed by atoms with Crippen molar-refractivity contribution in [2.24, 2.45) is 0 Å². The van der Waals surface area contributed by atoms with Gasteiger partial charge in [0.25, 0.3) is 0 Å². The molecule has 0 bridgehead atoms. The van der Waals surface area contributed by atoms with Crippen LogP contribution in [-0.2, 0) is 11.3 Å². The molecule has 0 aliphatic carbocycles. The van der Waals surface area contributed by atoms with E-state index in [1.807, 2.05) is 44.2 Å². The normalized spacial score (nSPS) is 10.6. The Kier molecular flexibility index (Phi) is 4.96. The average molecular weight is 304 g/mol. The number of anilines is 1. The average Bonchev–Trinajstić information content (AvgIpc) is 2.82. The number of carbonyl (C=O) groups is 1. The molecule has 2 rings (SSSR count). The van der Waals surface area contributed by atoms with Gasteiger partial charge in [-0.2, -0.15) is 0 Å². The van der Waals surface area contributed by atoms with Crippen LogP contribution in [0.15, 0.2) is 39.6 Å². The van der Waals surface area contributed by atoms with Gasteiger partial charge in [0.1, 0.15) is 11.5 Å². The number of hydrogen-bond donors (Lipinski definition) is 1. The molecule has 0 atom stereocenters. The van der Waals surface area contributed by atoms with Crippen LogP contribution in [0.25, 0.3) is 0 Å². The van der Waals surface area contributed by atoms with Crippen LogP contribution >= 0.6 is 11.8 Å². The molecule has 1 amide bonds. The predicted octanol–water partition coefficient (Wildman–Crippen LogP) is 3.23. The van der Waals surface area contributed by atoms with Crippen LogP contribution in [0.5, 0.6) is 0 Å². The lowest BCUT2D eigenvalue weighted by atomic mass is 10.2. The lowest BCUT2D eigenvalue weighted by molar-refractivity contribution is -0.127. The van der Waals surface area contributed by atoms with Crippen molar-refractivity contribution in [3.63, 3.8) is 0 Å². The number of amides is 1. The first kappa shape index (κ1) is 15.5. The predicted molar refractivity (Wildman–Crippen MR) is 86.2 cm³/mol. The molecular weight excluding hydrogens is 284 g/mol. The van der Waals surface area contributed by atoms with Gasteiger partial charge in [0.15, 0.2) is 0 Å². The Labute approximate surface area is 129 Å². The number of carbonyl (C=O) groups excluding carboxylic acids is 1. The van der Waals surface area contributed by atoms with Crippen LogP contribution in [0.3, 0.4) is 0 Å². The van der Waals surface area contributed by atoms with Crippen LogP contribution < -0.4 is 5.73 Å². The van der Waals surface area contributed by atoms with E-state index < -0.39 is 0 Å². The Morgan fingerprint density at radius 2 is 2.05 bits per heavy atom. The summed E-state index contributed by atoms with van der Waals surface area (Å²) in [6.45, 7) is 4.37. The molecule has 1 aromatic carbocycles. The van der Waals surface area contributed by atoms with Gasteiger partial charge in [0, 0.05) is 17.6 Å². The van der Waals surface area contributed by atoms with E-state index in [0.29, 0.717) is 12.3 Å². The molecule has 1 heterocycles. The fourth-order valence-electron chi connectivity index (χ4n) is 1.94. The number of nitrogen functional groups attached to an aromatic ring is 1. The maximum Gasteiger partial charge on any atom is 0.233 e. The molecule has 0 radical (unpaired) electrons. The second-order valence-electron chi connectivity index (χ2n) is 5.09. The fourth-order valence-corrected chi connectivity index (χ4v) is 2.83. The number of hydrogen-bond acceptors (Lipinski definition) is 4. The van der Waals surface area contributed by atoms with Crippen molar-refractivity contribution in [1.29, 1.82) is 0 Å². The maximum atomic E-state index is 12.1. The Hall–Kier alpha value is -1.88. The zero-order valence-corrected chi connectivity index (χ0v) is 13.4. The Morgan fingerprint density at radius 1 is 1.29 bits per heavy atom. The Bertz CT molecular complexity index is 637. The molecule has 0 fully saturated rings. The number of nitrogens with zero attached hydrogens (tertiary/aromatic N) is 1. The first-order valence-electron chi connectivity index (χ1n) is 6.74. The number of rotatable bonds is 5. The minimum Gasteiger partial charge on any atom is -0.464 e. The standard InChI is InChI=1S/C16H20N2O2S/c1-11-4-7-15(14(17)8-11)21-10-16(19)18(3)9-13-6-5-12(2)20-13/h4-8H,9-10,17H2,1-3H3. The lowest BCUT2D eigenvalue weighted by Gasteiger charge is -2.15. The first-order chi connectivity index (χ1) is 9.95. The van der Waals surface area contributed by atoms with Crippen LogP contribution in [0.2, 0.25) is 0 Å². The van der Waals surface area contributed by atoms with Gasteiger partial charge >= 0.3 is 0 Å². The van der Waals surface area contributed by atoms with Gasteiger partial charge in [-0.3, -0.25) is 4.79 Å². The SMILES string of the molecule is Cc1ccc(SCC(=O)N(C)Cc2ccc(C)o2)c(N)c1. The summed E-state index contributed by atoms with van der Waals surface area (Å²) in [6, 6.07) is 9.67. The molecule has 1 aromatic heterocycles. The van der Waals surface area contributed by atoms with Crippen molar-refractivity contribution in [3.8, 4) is 0 Å². The quantitative estimate of drug-likeness (QED) is 0.680. The van der Waals surface area contributed by atoms with E-state index in [1.54, 1.807) is 11.9 Å². The summed E-state index contributed by atoms with van der Waals surface area (Å²) in [5.41, 5.74) is 7.79. The summed E-state index contributed by atoms with van der Waals surface area (Å²) in [4.78, 5) is 14.7. The van der Waals surface area contributed by atoms with E-state index in [0.717, 1.165) is 27.7 Å². The first-order valence-corrected chi connectivity index (χ1v) is 7.72. The van der Waals surface area contributed by atoms with E-state index in [1.165, 1.54) is 11.8 Å². The van der Waals surface area contributed by atoms with Crippen molar-refractivity contribution in [2.45, 2.75) is 25.3 Å². The zero-order chi connectivity index (χ0) is 15.4. The van der Waals surface area contributed by atoms with Crippen molar-refractivity contribution in [1.82, 2.24) is 4.90 Å². The van der Waals surface area contributed by atoms with Gasteiger partial charge in [-0.25, -0.2) is 0 Å². The molecule has 2 N–H and O–H groups in total. The minimum atomic E-state index is 0.0500. The molecule has 4 nitrogen and oxygen atoms in total. The zero-order valence-electron chi connectivity index (χ0n) is 12.6. The van der Waals surface area contributed by atoms with Crippen molar-refractivity contribution in [2.75, 3.05) is 18.5 Å². The molecule has 0 saturated heterocycles. The highest BCUT2D eigenvalue weighted by Crippen LogP contribution is 2.26. The monoisotopic (exact) mass is 304 g/mol. The summed E-state index contributed by atoms with van der Waals surface area (Å²) in [5, 5.41) is 0. The molecule has 0 saturated carbocycles. The summed E-state index contributed by atoms with van der Waals surface area (Å²) < 4.78 is 5.48. The smallest absolute Gasteiger partial charge is 0.233 e. The highest BCUT2D eigenvalue weighted by molar-refractivity contribution is 8.00. The highest BCUT2D eigenvalue weighted by Gasteiger charge is 2.12. The van der Waals surface area contributed by atoms with Crippen LogP contribution in [0.1, 0.15) is 17.1 Å². The van der Waals surface area contributed by atoms with Gasteiger partial charge in [-0.1, -0.05) is 6.07 Å². The fraction of sp³-hybridized carbons (Fsp3) is 0.312. The van der Waals surface area contributed by atoms with Gasteiger partial charge in [-0.05, 0) is 43.7 Å². The molecule has 21 heavy (non-hydrogen) atoms. The van der Waals surface area contributed by atoms with Gasteiger partial charge in [-0.15, -0.1) is 11.8 Å². The second kappa shape index (κ2) is 6.72. The summed E-state index contributed by atoms with van der Waals surface area (Å²) >= 11 is 1.46. The van der Waals surface area contributed by atoms with Gasteiger partial charge < -0.3 is 15.1 Å². The highest BCUT2D eigenvalue weighted by atomic mass is 32.2. The Morgan fingerprint density at radius 3 is 2.67 bits per heavy atom. The third kappa shape index (κ3) is 4.29. The maximum absolute atomic E-state index is 12.1. The molecular formula is C16H20N2O2S. The molecule has 0 unspecified atom stereocenters. The van der Waals surface area contributed by atoms with Crippen LogP contribution in [0.4, 0.5) is 5.69 Å². The van der Waals surface area contributed by atoms with Crippen LogP contribution in [0, 0.1) is 13.8 Å². The van der Waals surface area contributed by atoms with Gasteiger partial charge in [0.2, 0.25) is 5.91 Å². The Balaban J connectivity index is 1.89. The largest absolute Gasteiger partial charge is 0.464 e. The van der Waals surface area contributed by atoms with Crippen molar-refractivity contribution >= 4 is 23.4 Å². The van der Waals surface area contributed by atoms with E-state index in [4.69, 9.17) is 10.2 Å². The number of thioether (sulfide) groups is 1. The van der Waals surface area contributed by atoms with Crippen molar-refractivity contribution in [3.05, 3.63) is 47.4 Å². The summed E-state index contributed by atoms with van der Waals surface area (Å²) in [5.74, 6) is 2.06. The number of aryl methyl sites for hydroxylation is 2. The topological polar surface area (TPSA) is 59.5 Å². The third-order valence-electron chi connectivity index (χ3n) is 3.13. The molecule has 0 aliphatic rings. The third-order valence-corrected chi connectivity index (χ3v) is 4.21. The summed E-state index contributed by atoms with van der Waals surface area (Å²) in [6.07, 6.45) is 0. The molecule has 0 spiro atoms. The van der Waals surface area contributed by atoms with Crippen LogP contribution in [-0.4, -0.2) is 23.6 Å². The number of furan rings is 1. The molecule has 112 valence electrons. The van der Waals surface area contributed by atoms with E-state index in [9.17, 15) is 4.79 Å². The minimum absolute atomic E-state index is 0.0500. The second-order valence-corrected chi connectivity index (χ2v) is 6.11. The van der Waals surface area contributed by atoms with E-state index >= 15 is 0 Å². The lowest BCUT2D eigenvalue weighted by Crippen LogP contribution is -2.27. The van der Waals surface area contributed by atoms with E-state index in [-0.39, 0.29) is 5.91 Å². The number of nitrogens with two attached hydrogens (primary N) is 1. The van der Waals surface area contributed by atoms with Gasteiger partial charge in [0.05, 0.1) is 12.3 Å². The number of benzene rings is 1. The molecule has 0 aliphatic heterocycles. The van der Waals surface area contributed by atoms with E-state index in [2.05, 4.69) is 0 Å². The summed E-state index contributed by atoms with van der Waals surface area (Å²) in [7, 11) is 1.78. The van der Waals surface area contributed by atoms with Crippen molar-refractivity contribution < 1.29 is 9.21 Å². The molecule has 5 heteroatoms.